The minimum absolute atomic E-state index is 0.186. The van der Waals surface area contributed by atoms with Gasteiger partial charge >= 0.3 is 12.3 Å². The molecule has 2 N–H and O–H groups in total. The standard InChI is InChI=1S/C22H22F3N3OS.CH2O3/c23-22(24,25)19-7-6-15(30-19)12-28-18-13-27(20(29)11-14-3-1-4-14)10-8-16(18)17-5-2-9-26-21(17)28;2-1(3)4/h2,5-7,9,14H,1,3-4,8,10-13H2;(H2,2,3,4). The van der Waals surface area contributed by atoms with Crippen molar-refractivity contribution in [1.29, 1.82) is 0 Å². The van der Waals surface area contributed by atoms with E-state index < -0.39 is 17.2 Å². The summed E-state index contributed by atoms with van der Waals surface area (Å²) in [7, 11) is 0. The van der Waals surface area contributed by atoms with Crippen molar-refractivity contribution in [3.63, 3.8) is 0 Å². The first kappa shape index (κ1) is 24.1. The van der Waals surface area contributed by atoms with Crippen LogP contribution in [-0.4, -0.2) is 43.3 Å². The highest BCUT2D eigenvalue weighted by molar-refractivity contribution is 7.12. The van der Waals surface area contributed by atoms with Crippen molar-refractivity contribution in [1.82, 2.24) is 14.5 Å². The van der Waals surface area contributed by atoms with E-state index in [0.717, 1.165) is 53.4 Å². The van der Waals surface area contributed by atoms with Crippen LogP contribution in [0.5, 0.6) is 0 Å². The molecule has 0 bridgehead atoms. The predicted molar refractivity (Wildman–Crippen MR) is 120 cm³/mol. The summed E-state index contributed by atoms with van der Waals surface area (Å²) in [6.45, 7) is 1.51. The molecule has 3 aromatic heterocycles. The molecule has 0 radical (unpaired) electrons. The van der Waals surface area contributed by atoms with Crippen molar-refractivity contribution >= 4 is 34.4 Å². The highest BCUT2D eigenvalue weighted by Gasteiger charge is 2.33. The molecule has 0 aromatic carbocycles. The lowest BCUT2D eigenvalue weighted by molar-refractivity contribution is -0.135. The lowest BCUT2D eigenvalue weighted by atomic mass is 9.82. The predicted octanol–water partition coefficient (Wildman–Crippen LogP) is 5.46. The van der Waals surface area contributed by atoms with E-state index in [1.807, 2.05) is 21.6 Å². The number of carbonyl (C=O) groups excluding carboxylic acids is 1. The van der Waals surface area contributed by atoms with Gasteiger partial charge in [-0.3, -0.25) is 4.79 Å². The van der Waals surface area contributed by atoms with Crippen LogP contribution in [0, 0.1) is 5.92 Å². The van der Waals surface area contributed by atoms with E-state index in [1.54, 1.807) is 6.20 Å². The first-order chi connectivity index (χ1) is 16.1. The number of halogens is 3. The molecule has 1 saturated carbocycles. The van der Waals surface area contributed by atoms with Crippen LogP contribution in [0.3, 0.4) is 0 Å². The number of carboxylic acid groups (broad SMARTS) is 2. The number of hydrogen-bond acceptors (Lipinski definition) is 4. The highest BCUT2D eigenvalue weighted by atomic mass is 32.1. The second-order valence-electron chi connectivity index (χ2n) is 8.50. The molecule has 182 valence electrons. The molecule has 11 heteroatoms. The average molecular weight is 496 g/mol. The van der Waals surface area contributed by atoms with Crippen LogP contribution in [0.25, 0.3) is 11.0 Å². The molecule has 1 amide bonds. The van der Waals surface area contributed by atoms with Crippen LogP contribution in [0.2, 0.25) is 0 Å². The van der Waals surface area contributed by atoms with Crippen LogP contribution in [-0.2, 0) is 30.5 Å². The number of carbonyl (C=O) groups is 2. The summed E-state index contributed by atoms with van der Waals surface area (Å²) < 4.78 is 41.1. The van der Waals surface area contributed by atoms with Gasteiger partial charge in [0.1, 0.15) is 10.5 Å². The van der Waals surface area contributed by atoms with Crippen LogP contribution in [0.4, 0.5) is 18.0 Å². The average Bonchev–Trinajstić information content (AvgIpc) is 3.34. The zero-order valence-corrected chi connectivity index (χ0v) is 19.0. The quantitative estimate of drug-likeness (QED) is 0.501. The van der Waals surface area contributed by atoms with Gasteiger partial charge in [-0.1, -0.05) is 6.42 Å². The van der Waals surface area contributed by atoms with E-state index in [2.05, 4.69) is 4.98 Å². The molecule has 1 fully saturated rings. The second-order valence-corrected chi connectivity index (χ2v) is 9.67. The van der Waals surface area contributed by atoms with Crippen LogP contribution < -0.4 is 0 Å². The molecule has 5 rings (SSSR count). The SMILES string of the molecule is O=C(CC1CCC1)N1CCc2c(n(Cc3ccc(C(F)(F)F)s3)c3ncccc23)C1.O=C(O)O. The maximum absolute atomic E-state index is 13.0. The molecule has 4 heterocycles. The smallest absolute Gasteiger partial charge is 0.450 e. The van der Waals surface area contributed by atoms with Gasteiger partial charge in [-0.2, -0.15) is 13.2 Å². The Morgan fingerprint density at radius 2 is 1.91 bits per heavy atom. The van der Waals surface area contributed by atoms with Gasteiger partial charge in [0.25, 0.3) is 0 Å². The van der Waals surface area contributed by atoms with Crippen molar-refractivity contribution in [3.05, 3.63) is 51.5 Å². The van der Waals surface area contributed by atoms with Gasteiger partial charge < -0.3 is 19.7 Å². The van der Waals surface area contributed by atoms with Crippen molar-refractivity contribution in [2.75, 3.05) is 6.54 Å². The van der Waals surface area contributed by atoms with Crippen LogP contribution in [0.1, 0.15) is 46.7 Å². The second kappa shape index (κ2) is 9.65. The monoisotopic (exact) mass is 495 g/mol. The minimum atomic E-state index is -4.33. The summed E-state index contributed by atoms with van der Waals surface area (Å²) in [6.07, 6.45) is 0.378. The summed E-state index contributed by atoms with van der Waals surface area (Å²) in [5.41, 5.74) is 2.94. The maximum atomic E-state index is 13.0. The summed E-state index contributed by atoms with van der Waals surface area (Å²) in [6, 6.07) is 6.57. The number of pyridine rings is 1. The molecule has 1 aliphatic carbocycles. The zero-order chi connectivity index (χ0) is 24.5. The molecule has 0 unspecified atom stereocenters. The Balaban J connectivity index is 0.000000636. The highest BCUT2D eigenvalue weighted by Crippen LogP contribution is 2.37. The van der Waals surface area contributed by atoms with E-state index in [9.17, 15) is 18.0 Å². The van der Waals surface area contributed by atoms with Crippen molar-refractivity contribution in [2.24, 2.45) is 5.92 Å². The van der Waals surface area contributed by atoms with Gasteiger partial charge in [0, 0.05) is 35.1 Å². The summed E-state index contributed by atoms with van der Waals surface area (Å²) in [5, 5.41) is 15.0. The molecular weight excluding hydrogens is 471 g/mol. The molecule has 34 heavy (non-hydrogen) atoms. The van der Waals surface area contributed by atoms with Crippen molar-refractivity contribution in [2.45, 2.75) is 51.4 Å². The first-order valence-electron chi connectivity index (χ1n) is 10.9. The molecule has 0 atom stereocenters. The number of aromatic nitrogens is 2. The molecule has 1 aliphatic heterocycles. The van der Waals surface area contributed by atoms with Crippen LogP contribution >= 0.6 is 11.3 Å². The lowest BCUT2D eigenvalue weighted by Gasteiger charge is -2.32. The van der Waals surface area contributed by atoms with Gasteiger partial charge in [0.15, 0.2) is 0 Å². The Labute approximate surface area is 197 Å². The number of amides is 1. The Kier molecular flexibility index (Phi) is 6.83. The van der Waals surface area contributed by atoms with E-state index >= 15 is 0 Å². The fourth-order valence-corrected chi connectivity index (χ4v) is 5.35. The Morgan fingerprint density at radius 3 is 2.53 bits per heavy atom. The maximum Gasteiger partial charge on any atom is 0.503 e. The zero-order valence-electron chi connectivity index (χ0n) is 18.2. The largest absolute Gasteiger partial charge is 0.503 e. The molecule has 0 saturated heterocycles. The van der Waals surface area contributed by atoms with E-state index in [0.29, 0.717) is 36.9 Å². The van der Waals surface area contributed by atoms with Crippen LogP contribution in [0.15, 0.2) is 30.5 Å². The number of alkyl halides is 3. The summed E-state index contributed by atoms with van der Waals surface area (Å²) in [4.78, 5) is 27.8. The topological polar surface area (TPSA) is 95.7 Å². The van der Waals surface area contributed by atoms with Crippen molar-refractivity contribution < 1.29 is 33.0 Å². The van der Waals surface area contributed by atoms with Gasteiger partial charge in [-0.25, -0.2) is 9.78 Å². The fraction of sp³-hybridized carbons (Fsp3) is 0.435. The van der Waals surface area contributed by atoms with Gasteiger partial charge in [0.05, 0.1) is 13.1 Å². The molecular formula is C23H24F3N3O4S. The van der Waals surface area contributed by atoms with E-state index in [-0.39, 0.29) is 5.91 Å². The number of rotatable bonds is 4. The van der Waals surface area contributed by atoms with Gasteiger partial charge in [-0.15, -0.1) is 11.3 Å². The Morgan fingerprint density at radius 1 is 1.18 bits per heavy atom. The number of fused-ring (bicyclic) bond motifs is 3. The third-order valence-electron chi connectivity index (χ3n) is 6.31. The number of hydrogen-bond donors (Lipinski definition) is 2. The molecule has 7 nitrogen and oxygen atoms in total. The van der Waals surface area contributed by atoms with Crippen molar-refractivity contribution in [3.8, 4) is 0 Å². The summed E-state index contributed by atoms with van der Waals surface area (Å²) >= 11 is 0.769. The lowest BCUT2D eigenvalue weighted by Crippen LogP contribution is -2.38. The van der Waals surface area contributed by atoms with Gasteiger partial charge in [0.2, 0.25) is 5.91 Å². The third kappa shape index (κ3) is 5.19. The third-order valence-corrected chi connectivity index (χ3v) is 7.42. The Hall–Kier alpha value is -3.08. The summed E-state index contributed by atoms with van der Waals surface area (Å²) in [5.74, 6) is 0.698. The normalized spacial score (nSPS) is 15.9. The molecule has 3 aromatic rings. The van der Waals surface area contributed by atoms with E-state index in [1.165, 1.54) is 18.1 Å². The van der Waals surface area contributed by atoms with Gasteiger partial charge in [-0.05, 0) is 55.0 Å². The number of nitrogens with zero attached hydrogens (tertiary/aromatic N) is 3. The fourth-order valence-electron chi connectivity index (χ4n) is 4.49. The molecule has 2 aliphatic rings. The Bertz CT molecular complexity index is 1200. The molecule has 0 spiro atoms. The minimum Gasteiger partial charge on any atom is -0.450 e. The first-order valence-corrected chi connectivity index (χ1v) is 11.8. The van der Waals surface area contributed by atoms with E-state index in [4.69, 9.17) is 15.0 Å². The number of thiophene rings is 1.